The predicted octanol–water partition coefficient (Wildman–Crippen LogP) is 1.75. The van der Waals surface area contributed by atoms with Crippen molar-refractivity contribution in [2.45, 2.75) is 53.6 Å². The lowest BCUT2D eigenvalue weighted by atomic mass is 10.0. The number of amides is 1. The molecule has 0 saturated heterocycles. The van der Waals surface area contributed by atoms with E-state index in [4.69, 9.17) is 5.11 Å². The number of carboxylic acids is 1. The first-order valence-corrected chi connectivity index (χ1v) is 6.87. The fraction of sp³-hybridized carbons (Fsp3) is 0.643. The third kappa shape index (κ3) is 3.37. The van der Waals surface area contributed by atoms with Crippen LogP contribution in [-0.4, -0.2) is 32.8 Å². The van der Waals surface area contributed by atoms with Crippen molar-refractivity contribution in [1.82, 2.24) is 15.1 Å². The maximum atomic E-state index is 12.3. The number of carboxylic acid groups (broad SMARTS) is 1. The van der Waals surface area contributed by atoms with Crippen molar-refractivity contribution in [3.05, 3.63) is 17.0 Å². The average molecular weight is 281 g/mol. The molecule has 0 saturated carbocycles. The second kappa shape index (κ2) is 6.54. The molecule has 0 bridgehead atoms. The molecule has 1 aromatic rings. The van der Waals surface area contributed by atoms with E-state index in [-0.39, 0.29) is 5.91 Å². The molecule has 1 heterocycles. The lowest BCUT2D eigenvalue weighted by molar-refractivity contribution is -0.141. The molecule has 0 aliphatic heterocycles. The minimum Gasteiger partial charge on any atom is -0.481 e. The minimum absolute atomic E-state index is 0.261. The van der Waals surface area contributed by atoms with E-state index >= 15 is 0 Å². The van der Waals surface area contributed by atoms with Gasteiger partial charge in [0.2, 0.25) is 0 Å². The molecule has 2 atom stereocenters. The van der Waals surface area contributed by atoms with Gasteiger partial charge >= 0.3 is 5.97 Å². The minimum atomic E-state index is -0.923. The van der Waals surface area contributed by atoms with E-state index in [9.17, 15) is 9.59 Å². The number of carbonyl (C=O) groups is 2. The number of aromatic nitrogens is 2. The van der Waals surface area contributed by atoms with Crippen molar-refractivity contribution in [1.29, 1.82) is 0 Å². The molecule has 2 unspecified atom stereocenters. The smallest absolute Gasteiger partial charge is 0.308 e. The normalized spacial score (nSPS) is 13.8. The number of hydrogen-bond acceptors (Lipinski definition) is 3. The van der Waals surface area contributed by atoms with Crippen LogP contribution in [0.15, 0.2) is 0 Å². The number of rotatable bonds is 6. The summed E-state index contributed by atoms with van der Waals surface area (Å²) in [6.07, 6.45) is 0.940. The van der Waals surface area contributed by atoms with Crippen molar-refractivity contribution in [2.24, 2.45) is 5.92 Å². The zero-order valence-corrected chi connectivity index (χ0v) is 12.7. The Balaban J connectivity index is 2.90. The quantitative estimate of drug-likeness (QED) is 0.832. The van der Waals surface area contributed by atoms with Crippen molar-refractivity contribution >= 4 is 11.9 Å². The van der Waals surface area contributed by atoms with Gasteiger partial charge in [-0.3, -0.25) is 14.3 Å². The van der Waals surface area contributed by atoms with Crippen LogP contribution in [0.4, 0.5) is 0 Å². The van der Waals surface area contributed by atoms with E-state index in [1.54, 1.807) is 20.8 Å². The van der Waals surface area contributed by atoms with E-state index in [0.29, 0.717) is 11.3 Å². The summed E-state index contributed by atoms with van der Waals surface area (Å²) in [4.78, 5) is 23.2. The molecule has 2 N–H and O–H groups in total. The van der Waals surface area contributed by atoms with Crippen LogP contribution in [0, 0.1) is 19.8 Å². The summed E-state index contributed by atoms with van der Waals surface area (Å²) in [6, 6.07) is -0.437. The average Bonchev–Trinajstić information content (AvgIpc) is 2.63. The molecule has 1 amide bonds. The largest absolute Gasteiger partial charge is 0.481 e. The monoisotopic (exact) mass is 281 g/mol. The van der Waals surface area contributed by atoms with Crippen LogP contribution in [0.3, 0.4) is 0 Å². The SMILES string of the molecule is CCCn1nc(C)c(C(=O)NC(C)C(C)C(=O)O)c1C. The summed E-state index contributed by atoms with van der Waals surface area (Å²) < 4.78 is 1.82. The highest BCUT2D eigenvalue weighted by Gasteiger charge is 2.24. The number of aryl methyl sites for hydroxylation is 2. The summed E-state index contributed by atoms with van der Waals surface area (Å²) in [5.74, 6) is -1.82. The second-order valence-electron chi connectivity index (χ2n) is 5.16. The molecule has 0 spiro atoms. The van der Waals surface area contributed by atoms with Gasteiger partial charge in [-0.15, -0.1) is 0 Å². The number of carbonyl (C=O) groups excluding carboxylic acids is 1. The van der Waals surface area contributed by atoms with Gasteiger partial charge < -0.3 is 10.4 Å². The highest BCUT2D eigenvalue weighted by molar-refractivity contribution is 5.96. The number of aliphatic carboxylic acids is 1. The number of hydrogen-bond donors (Lipinski definition) is 2. The lowest BCUT2D eigenvalue weighted by Crippen LogP contribution is -2.40. The Morgan fingerprint density at radius 3 is 2.45 bits per heavy atom. The topological polar surface area (TPSA) is 84.2 Å². The maximum absolute atomic E-state index is 12.3. The van der Waals surface area contributed by atoms with Gasteiger partial charge in [0.15, 0.2) is 0 Å². The molecule has 0 aliphatic carbocycles. The van der Waals surface area contributed by atoms with Gasteiger partial charge in [-0.25, -0.2) is 0 Å². The van der Waals surface area contributed by atoms with Gasteiger partial charge in [-0.2, -0.15) is 5.10 Å². The third-order valence-corrected chi connectivity index (χ3v) is 3.54. The molecule has 1 aromatic heterocycles. The maximum Gasteiger partial charge on any atom is 0.308 e. The molecular weight excluding hydrogens is 258 g/mol. The van der Waals surface area contributed by atoms with Gasteiger partial charge in [-0.1, -0.05) is 6.92 Å². The molecule has 0 radical (unpaired) electrons. The Morgan fingerprint density at radius 1 is 1.35 bits per heavy atom. The highest BCUT2D eigenvalue weighted by Crippen LogP contribution is 2.14. The summed E-state index contributed by atoms with van der Waals surface area (Å²) in [7, 11) is 0. The summed E-state index contributed by atoms with van der Waals surface area (Å²) >= 11 is 0. The molecule has 20 heavy (non-hydrogen) atoms. The van der Waals surface area contributed by atoms with Crippen molar-refractivity contribution in [3.8, 4) is 0 Å². The Bertz CT molecular complexity index is 508. The number of nitrogens with one attached hydrogen (secondary N) is 1. The zero-order chi connectivity index (χ0) is 15.4. The molecule has 6 nitrogen and oxygen atoms in total. The molecule has 1 rings (SSSR count). The standard InChI is InChI=1S/C14H23N3O3/c1-6-7-17-11(5)12(10(4)16-17)13(18)15-9(3)8(2)14(19)20/h8-9H,6-7H2,1-5H3,(H,15,18)(H,19,20). The van der Waals surface area contributed by atoms with Crippen LogP contribution in [0.25, 0.3) is 0 Å². The van der Waals surface area contributed by atoms with Crippen LogP contribution in [0.2, 0.25) is 0 Å². The third-order valence-electron chi connectivity index (χ3n) is 3.54. The van der Waals surface area contributed by atoms with Gasteiger partial charge in [0.1, 0.15) is 0 Å². The van der Waals surface area contributed by atoms with Gasteiger partial charge in [0.05, 0.1) is 17.2 Å². The van der Waals surface area contributed by atoms with E-state index < -0.39 is 17.9 Å². The number of nitrogens with zero attached hydrogens (tertiary/aromatic N) is 2. The van der Waals surface area contributed by atoms with E-state index in [1.165, 1.54) is 0 Å². The Kier molecular flexibility index (Phi) is 5.30. The Labute approximate surface area is 119 Å². The molecule has 112 valence electrons. The predicted molar refractivity (Wildman–Crippen MR) is 75.7 cm³/mol. The molecule has 0 fully saturated rings. The fourth-order valence-electron chi connectivity index (χ4n) is 2.07. The molecular formula is C14H23N3O3. The van der Waals surface area contributed by atoms with Gasteiger partial charge in [0.25, 0.3) is 5.91 Å². The molecule has 0 aliphatic rings. The Morgan fingerprint density at radius 2 is 1.95 bits per heavy atom. The van der Waals surface area contributed by atoms with Crippen LogP contribution in [0.5, 0.6) is 0 Å². The van der Waals surface area contributed by atoms with E-state index in [1.807, 2.05) is 18.5 Å². The first-order valence-electron chi connectivity index (χ1n) is 6.87. The van der Waals surface area contributed by atoms with E-state index in [0.717, 1.165) is 18.7 Å². The van der Waals surface area contributed by atoms with Crippen LogP contribution in [0.1, 0.15) is 48.9 Å². The summed E-state index contributed by atoms with van der Waals surface area (Å²) in [5.41, 5.74) is 2.03. The molecule has 6 heteroatoms. The zero-order valence-electron chi connectivity index (χ0n) is 12.7. The molecule has 0 aromatic carbocycles. The Hall–Kier alpha value is -1.85. The first kappa shape index (κ1) is 16.2. The highest BCUT2D eigenvalue weighted by atomic mass is 16.4. The van der Waals surface area contributed by atoms with Crippen LogP contribution < -0.4 is 5.32 Å². The second-order valence-corrected chi connectivity index (χ2v) is 5.16. The fourth-order valence-corrected chi connectivity index (χ4v) is 2.07. The van der Waals surface area contributed by atoms with Gasteiger partial charge in [0, 0.05) is 18.3 Å². The van der Waals surface area contributed by atoms with Crippen molar-refractivity contribution < 1.29 is 14.7 Å². The van der Waals surface area contributed by atoms with Crippen molar-refractivity contribution in [2.75, 3.05) is 0 Å². The summed E-state index contributed by atoms with van der Waals surface area (Å²) in [6.45, 7) is 9.73. The lowest BCUT2D eigenvalue weighted by Gasteiger charge is -2.17. The van der Waals surface area contributed by atoms with E-state index in [2.05, 4.69) is 10.4 Å². The van der Waals surface area contributed by atoms with Crippen molar-refractivity contribution in [3.63, 3.8) is 0 Å². The van der Waals surface area contributed by atoms with Gasteiger partial charge in [-0.05, 0) is 34.1 Å². The first-order chi connectivity index (χ1) is 9.29. The summed E-state index contributed by atoms with van der Waals surface area (Å²) in [5, 5.41) is 16.0. The van der Waals surface area contributed by atoms with Crippen LogP contribution >= 0.6 is 0 Å². The van der Waals surface area contributed by atoms with Crippen LogP contribution in [-0.2, 0) is 11.3 Å².